The van der Waals surface area contributed by atoms with Crippen molar-refractivity contribution in [3.8, 4) is 0 Å². The van der Waals surface area contributed by atoms with Crippen LogP contribution in [0.1, 0.15) is 104 Å². The summed E-state index contributed by atoms with van der Waals surface area (Å²) in [5.41, 5.74) is 24.2. The zero-order chi connectivity index (χ0) is 54.8. The first-order chi connectivity index (χ1) is 34.6. The Morgan fingerprint density at radius 1 is 0.685 bits per heavy atom. The van der Waals surface area contributed by atoms with Gasteiger partial charge in [-0.3, -0.25) is 47.9 Å². The summed E-state index contributed by atoms with van der Waals surface area (Å²) in [5, 5.41) is 46.3. The highest BCUT2D eigenvalue weighted by molar-refractivity contribution is 5.98. The van der Waals surface area contributed by atoms with Crippen molar-refractivity contribution in [1.29, 1.82) is 0 Å². The lowest BCUT2D eigenvalue weighted by molar-refractivity contribution is -0.137. The van der Waals surface area contributed by atoms with E-state index in [4.69, 9.17) is 22.9 Å². The summed E-state index contributed by atoms with van der Waals surface area (Å²) in [5.74, 6) is -12.5. The van der Waals surface area contributed by atoms with Crippen LogP contribution in [0.4, 0.5) is 0 Å². The number of nitrogens with one attached hydrogen (secondary N) is 6. The first-order valence-corrected chi connectivity index (χ1v) is 25.3. The Labute approximate surface area is 427 Å². The fourth-order valence-corrected chi connectivity index (χ4v) is 8.53. The van der Waals surface area contributed by atoms with E-state index < -0.39 is 157 Å². The summed E-state index contributed by atoms with van der Waals surface area (Å²) in [6.45, 7) is 5.02. The molecule has 1 aromatic carbocycles. The monoisotopic (exact) mass is 1030 g/mol. The van der Waals surface area contributed by atoms with E-state index in [0.717, 1.165) is 0 Å². The van der Waals surface area contributed by atoms with Crippen molar-refractivity contribution in [1.82, 2.24) is 31.9 Å². The van der Waals surface area contributed by atoms with Crippen molar-refractivity contribution in [2.24, 2.45) is 52.5 Å². The van der Waals surface area contributed by atoms with Crippen molar-refractivity contribution < 1.29 is 63.3 Å². The van der Waals surface area contributed by atoms with Crippen LogP contribution in [-0.4, -0.2) is 156 Å². The summed E-state index contributed by atoms with van der Waals surface area (Å²) in [4.78, 5) is 139. The van der Waals surface area contributed by atoms with Crippen molar-refractivity contribution in [3.63, 3.8) is 0 Å². The number of nitrogens with two attached hydrogens (primary N) is 4. The van der Waals surface area contributed by atoms with Gasteiger partial charge in [-0.25, -0.2) is 0 Å². The maximum Gasteiger partial charge on any atom is 0.243 e. The highest BCUT2D eigenvalue weighted by atomic mass is 16.3. The summed E-state index contributed by atoms with van der Waals surface area (Å²) < 4.78 is 0. The normalized spacial score (nSPS) is 24.2. The number of aliphatic hydroxyl groups is 3. The van der Waals surface area contributed by atoms with Crippen LogP contribution in [0.25, 0.3) is 0 Å². The molecule has 23 heteroatoms. The maximum atomic E-state index is 14.4. The SMILES string of the molecule is CC(C)C[C@@H]1NC(=O)[C@@H](Cc2ccccc2)CC(=O)[C@H](CCN)NC(=O)[C@@H](CC(=O)[C@H](CCN)NC(=O)[C@@H](CC(=O)CCO)C(C)O)CCNC(=O)[C@H](C(C)O)CC(=O)[C@H](CCN)NC(=O)[C@H](CCN)NC1=O. The zero-order valence-corrected chi connectivity index (χ0v) is 42.8. The Hall–Kier alpha value is -5.56. The number of amides is 6. The van der Waals surface area contributed by atoms with Crippen molar-refractivity contribution in [3.05, 3.63) is 35.9 Å². The molecule has 0 spiro atoms. The third-order valence-electron chi connectivity index (χ3n) is 12.8. The molecule has 0 aliphatic carbocycles. The van der Waals surface area contributed by atoms with Crippen LogP contribution in [-0.2, 0) is 54.4 Å². The van der Waals surface area contributed by atoms with Crippen molar-refractivity contribution >= 4 is 58.6 Å². The van der Waals surface area contributed by atoms with Crippen LogP contribution in [0, 0.1) is 29.6 Å². The number of hydrogen-bond donors (Lipinski definition) is 13. The molecule has 1 aromatic rings. The Kier molecular flexibility index (Phi) is 29.0. The molecule has 23 nitrogen and oxygen atoms in total. The van der Waals surface area contributed by atoms with Gasteiger partial charge < -0.3 is 70.2 Å². The molecule has 2 rings (SSSR count). The number of hydrogen-bond acceptors (Lipinski definition) is 17. The predicted molar refractivity (Wildman–Crippen MR) is 269 cm³/mol. The molecule has 11 atom stereocenters. The molecular formula is C50H82N10O13. The van der Waals surface area contributed by atoms with E-state index in [1.807, 2.05) is 13.8 Å². The summed E-state index contributed by atoms with van der Waals surface area (Å²) in [6, 6.07) is 2.36. The van der Waals surface area contributed by atoms with Crippen molar-refractivity contribution in [2.45, 2.75) is 147 Å². The van der Waals surface area contributed by atoms with Gasteiger partial charge in [0.05, 0.1) is 42.2 Å². The van der Waals surface area contributed by atoms with Crippen LogP contribution in [0.5, 0.6) is 0 Å². The second-order valence-electron chi connectivity index (χ2n) is 19.3. The molecule has 0 aromatic heterocycles. The minimum Gasteiger partial charge on any atom is -0.396 e. The molecule has 1 aliphatic rings. The van der Waals surface area contributed by atoms with Crippen LogP contribution >= 0.6 is 0 Å². The van der Waals surface area contributed by atoms with E-state index in [-0.39, 0.29) is 90.0 Å². The maximum absolute atomic E-state index is 14.4. The lowest BCUT2D eigenvalue weighted by Crippen LogP contribution is -2.57. The van der Waals surface area contributed by atoms with E-state index in [1.54, 1.807) is 30.3 Å². The third-order valence-corrected chi connectivity index (χ3v) is 12.8. The molecule has 1 heterocycles. The molecule has 17 N–H and O–H groups in total. The van der Waals surface area contributed by atoms with Gasteiger partial charge in [0.15, 0.2) is 17.3 Å². The van der Waals surface area contributed by atoms with Gasteiger partial charge in [0, 0.05) is 57.1 Å². The van der Waals surface area contributed by atoms with E-state index in [0.29, 0.717) is 5.56 Å². The van der Waals surface area contributed by atoms with Gasteiger partial charge in [-0.1, -0.05) is 44.2 Å². The zero-order valence-electron chi connectivity index (χ0n) is 42.8. The third kappa shape index (κ3) is 22.2. The van der Waals surface area contributed by atoms with E-state index in [2.05, 4.69) is 31.9 Å². The molecule has 1 saturated heterocycles. The molecule has 0 saturated carbocycles. The standard InChI is InChI=1S/C50H82N10O13/c1-28(2)22-41-50(73)59-40(13-19-54)49(72)58-39(12-18-53)44(67)27-36(30(4)63)47(70)55-20-14-32(24-42(65)38(11-17-52)57-48(71)35(29(3)62)26-34(64)15-21-61)45(68)56-37(10-16-51)43(66)25-33(46(69)60-41)23-31-8-6-5-7-9-31/h5-9,28-30,32-33,35-41,61-63H,10-27,51-54H2,1-4H3,(H,55,70)(H,56,68)(H,57,71)(H,58,72)(H,59,73)(H,60,69)/t29?,30?,32-,33+,35+,36+,37+,38+,39+,40+,41+/m1/s1. The number of ketones is 4. The molecule has 2 unspecified atom stereocenters. The smallest absolute Gasteiger partial charge is 0.243 e. The molecule has 1 aliphatic heterocycles. The first-order valence-electron chi connectivity index (χ1n) is 25.3. The molecule has 0 bridgehead atoms. The van der Waals surface area contributed by atoms with E-state index in [9.17, 15) is 63.3 Å². The molecule has 73 heavy (non-hydrogen) atoms. The molecule has 410 valence electrons. The van der Waals surface area contributed by atoms with Gasteiger partial charge in [-0.15, -0.1) is 0 Å². The molecule has 0 radical (unpaired) electrons. The lowest BCUT2D eigenvalue weighted by Gasteiger charge is -2.28. The highest BCUT2D eigenvalue weighted by Gasteiger charge is 2.37. The molecule has 1 fully saturated rings. The number of Topliss-reactive ketones (excluding diaryl/α,β-unsaturated/α-hetero) is 4. The summed E-state index contributed by atoms with van der Waals surface area (Å²) in [6.07, 6.45) is -5.63. The molecular weight excluding hydrogens is 949 g/mol. The number of benzene rings is 1. The highest BCUT2D eigenvalue weighted by Crippen LogP contribution is 2.21. The number of carbonyl (C=O) groups is 10. The van der Waals surface area contributed by atoms with Crippen LogP contribution in [0.2, 0.25) is 0 Å². The van der Waals surface area contributed by atoms with Gasteiger partial charge in [0.2, 0.25) is 35.4 Å². The quantitative estimate of drug-likeness (QED) is 0.0521. The number of carbonyl (C=O) groups excluding carboxylic acids is 10. The Morgan fingerprint density at radius 3 is 1.77 bits per heavy atom. The van der Waals surface area contributed by atoms with Gasteiger partial charge >= 0.3 is 0 Å². The van der Waals surface area contributed by atoms with Gasteiger partial charge in [-0.05, 0) is 96.5 Å². The minimum atomic E-state index is -1.41. The second-order valence-corrected chi connectivity index (χ2v) is 19.3. The topological polar surface area (TPSA) is 408 Å². The van der Waals surface area contributed by atoms with Crippen molar-refractivity contribution in [2.75, 3.05) is 39.3 Å². The minimum absolute atomic E-state index is 0.0243. The fraction of sp³-hybridized carbons (Fsp3) is 0.680. The average molecular weight is 1030 g/mol. The largest absolute Gasteiger partial charge is 0.396 e. The fourth-order valence-electron chi connectivity index (χ4n) is 8.53. The van der Waals surface area contributed by atoms with Gasteiger partial charge in [-0.2, -0.15) is 0 Å². The average Bonchev–Trinajstić information content (AvgIpc) is 3.32. The predicted octanol–water partition coefficient (Wildman–Crippen LogP) is -2.94. The Bertz CT molecular complexity index is 1990. The van der Waals surface area contributed by atoms with E-state index >= 15 is 0 Å². The van der Waals surface area contributed by atoms with Gasteiger partial charge in [0.1, 0.15) is 17.9 Å². The van der Waals surface area contributed by atoms with Crippen LogP contribution < -0.4 is 54.8 Å². The Morgan fingerprint density at radius 2 is 1.22 bits per heavy atom. The first kappa shape index (κ1) is 63.6. The summed E-state index contributed by atoms with van der Waals surface area (Å²) in [7, 11) is 0. The number of aliphatic hydroxyl groups excluding tert-OH is 3. The summed E-state index contributed by atoms with van der Waals surface area (Å²) >= 11 is 0. The number of rotatable bonds is 23. The molecule has 6 amide bonds. The Balaban J connectivity index is 2.75. The van der Waals surface area contributed by atoms with Gasteiger partial charge in [0.25, 0.3) is 0 Å². The van der Waals surface area contributed by atoms with Crippen LogP contribution in [0.3, 0.4) is 0 Å². The van der Waals surface area contributed by atoms with E-state index in [1.165, 1.54) is 13.8 Å². The second kappa shape index (κ2) is 33.3. The lowest BCUT2D eigenvalue weighted by atomic mass is 9.89. The van der Waals surface area contributed by atoms with Crippen LogP contribution in [0.15, 0.2) is 30.3 Å².